The van der Waals surface area contributed by atoms with E-state index in [1.54, 1.807) is 0 Å². The zero-order chi connectivity index (χ0) is 14.1. The summed E-state index contributed by atoms with van der Waals surface area (Å²) in [5.74, 6) is 0.922. The van der Waals surface area contributed by atoms with Crippen LogP contribution in [0.1, 0.15) is 45.1 Å². The maximum atomic E-state index is 5.76. The SMILES string of the molecule is CCCCCC(C)NCCOc1ccc(C)cc1Br. The second kappa shape index (κ2) is 9.38. The second-order valence-corrected chi connectivity index (χ2v) is 5.99. The molecular weight excluding hydrogens is 302 g/mol. The fourth-order valence-corrected chi connectivity index (χ4v) is 2.60. The van der Waals surface area contributed by atoms with Crippen LogP contribution in [-0.4, -0.2) is 19.2 Å². The third-order valence-corrected chi connectivity index (χ3v) is 3.80. The van der Waals surface area contributed by atoms with E-state index in [4.69, 9.17) is 4.74 Å². The van der Waals surface area contributed by atoms with Crippen molar-refractivity contribution in [3.8, 4) is 5.75 Å². The highest BCUT2D eigenvalue weighted by atomic mass is 79.9. The Morgan fingerprint density at radius 1 is 1.32 bits per heavy atom. The Hall–Kier alpha value is -0.540. The van der Waals surface area contributed by atoms with Crippen molar-refractivity contribution in [2.45, 2.75) is 52.5 Å². The van der Waals surface area contributed by atoms with Crippen LogP contribution in [0.4, 0.5) is 0 Å². The van der Waals surface area contributed by atoms with Gasteiger partial charge in [0, 0.05) is 12.6 Å². The summed E-state index contributed by atoms with van der Waals surface area (Å²) in [6.45, 7) is 8.17. The molecule has 1 atom stereocenters. The third-order valence-electron chi connectivity index (χ3n) is 3.18. The molecule has 0 bridgehead atoms. The van der Waals surface area contributed by atoms with Gasteiger partial charge in [-0.05, 0) is 53.9 Å². The molecule has 0 saturated heterocycles. The molecule has 1 rings (SSSR count). The first-order chi connectivity index (χ1) is 9.13. The van der Waals surface area contributed by atoms with Gasteiger partial charge < -0.3 is 10.1 Å². The van der Waals surface area contributed by atoms with Crippen LogP contribution in [0.3, 0.4) is 0 Å². The van der Waals surface area contributed by atoms with Crippen molar-refractivity contribution in [3.05, 3.63) is 28.2 Å². The molecule has 1 aromatic rings. The van der Waals surface area contributed by atoms with E-state index < -0.39 is 0 Å². The normalized spacial score (nSPS) is 12.4. The predicted octanol–water partition coefficient (Wildman–Crippen LogP) is 4.69. The number of benzene rings is 1. The number of nitrogens with one attached hydrogen (secondary N) is 1. The number of ether oxygens (including phenoxy) is 1. The van der Waals surface area contributed by atoms with Gasteiger partial charge in [-0.1, -0.05) is 32.3 Å². The minimum absolute atomic E-state index is 0.580. The second-order valence-electron chi connectivity index (χ2n) is 5.13. The Balaban J connectivity index is 2.16. The van der Waals surface area contributed by atoms with Crippen LogP contribution in [-0.2, 0) is 0 Å². The molecule has 0 fully saturated rings. The lowest BCUT2D eigenvalue weighted by Crippen LogP contribution is -2.30. The van der Waals surface area contributed by atoms with Gasteiger partial charge in [-0.15, -0.1) is 0 Å². The quantitative estimate of drug-likeness (QED) is 0.664. The molecule has 1 N–H and O–H groups in total. The molecule has 3 heteroatoms. The number of rotatable bonds is 9. The molecule has 0 spiro atoms. The van der Waals surface area contributed by atoms with Gasteiger partial charge in [-0.3, -0.25) is 0 Å². The fourth-order valence-electron chi connectivity index (χ4n) is 1.99. The summed E-state index contributed by atoms with van der Waals surface area (Å²) in [6.07, 6.45) is 5.19. The van der Waals surface area contributed by atoms with E-state index in [1.807, 2.05) is 6.07 Å². The lowest BCUT2D eigenvalue weighted by atomic mass is 10.1. The van der Waals surface area contributed by atoms with Gasteiger partial charge in [-0.2, -0.15) is 0 Å². The van der Waals surface area contributed by atoms with Gasteiger partial charge >= 0.3 is 0 Å². The average molecular weight is 328 g/mol. The molecule has 0 aliphatic heterocycles. The van der Waals surface area contributed by atoms with E-state index in [0.717, 1.165) is 16.8 Å². The van der Waals surface area contributed by atoms with Gasteiger partial charge in [0.2, 0.25) is 0 Å². The number of hydrogen-bond donors (Lipinski definition) is 1. The maximum Gasteiger partial charge on any atom is 0.133 e. The standard InChI is InChI=1S/C16H26BrNO/c1-4-5-6-7-14(3)18-10-11-19-16-9-8-13(2)12-15(16)17/h8-9,12,14,18H,4-7,10-11H2,1-3H3. The Labute approximate surface area is 126 Å². The van der Waals surface area contributed by atoms with Gasteiger partial charge in [0.25, 0.3) is 0 Å². The monoisotopic (exact) mass is 327 g/mol. The maximum absolute atomic E-state index is 5.76. The van der Waals surface area contributed by atoms with Crippen molar-refractivity contribution in [3.63, 3.8) is 0 Å². The molecule has 0 heterocycles. The molecule has 0 saturated carbocycles. The topological polar surface area (TPSA) is 21.3 Å². The molecule has 19 heavy (non-hydrogen) atoms. The summed E-state index contributed by atoms with van der Waals surface area (Å²) in [5, 5.41) is 3.50. The lowest BCUT2D eigenvalue weighted by molar-refractivity contribution is 0.302. The summed E-state index contributed by atoms with van der Waals surface area (Å²) in [7, 11) is 0. The van der Waals surface area contributed by atoms with Crippen molar-refractivity contribution in [2.24, 2.45) is 0 Å². The van der Waals surface area contributed by atoms with Crippen LogP contribution < -0.4 is 10.1 Å². The summed E-state index contributed by atoms with van der Waals surface area (Å²) in [5.41, 5.74) is 1.24. The highest BCUT2D eigenvalue weighted by Crippen LogP contribution is 2.25. The van der Waals surface area contributed by atoms with E-state index in [2.05, 4.69) is 54.2 Å². The molecule has 1 aromatic carbocycles. The first kappa shape index (κ1) is 16.5. The van der Waals surface area contributed by atoms with Crippen molar-refractivity contribution in [1.29, 1.82) is 0 Å². The number of halogens is 1. The molecule has 1 unspecified atom stereocenters. The zero-order valence-corrected chi connectivity index (χ0v) is 13.9. The largest absolute Gasteiger partial charge is 0.491 e. The van der Waals surface area contributed by atoms with Crippen LogP contribution in [0.25, 0.3) is 0 Å². The van der Waals surface area contributed by atoms with Gasteiger partial charge in [0.15, 0.2) is 0 Å². The van der Waals surface area contributed by atoms with Crippen molar-refractivity contribution < 1.29 is 4.74 Å². The Kier molecular flexibility index (Phi) is 8.15. The first-order valence-corrected chi connectivity index (χ1v) is 8.05. The summed E-state index contributed by atoms with van der Waals surface area (Å²) < 4.78 is 6.79. The molecule has 0 amide bonds. The number of aryl methyl sites for hydroxylation is 1. The molecule has 2 nitrogen and oxygen atoms in total. The first-order valence-electron chi connectivity index (χ1n) is 7.25. The Morgan fingerprint density at radius 3 is 2.79 bits per heavy atom. The van der Waals surface area contributed by atoms with Crippen LogP contribution in [0.5, 0.6) is 5.75 Å². The van der Waals surface area contributed by atoms with Crippen LogP contribution in [0.15, 0.2) is 22.7 Å². The Morgan fingerprint density at radius 2 is 2.11 bits per heavy atom. The summed E-state index contributed by atoms with van der Waals surface area (Å²) in [4.78, 5) is 0. The molecular formula is C16H26BrNO. The lowest BCUT2D eigenvalue weighted by Gasteiger charge is -2.14. The highest BCUT2D eigenvalue weighted by Gasteiger charge is 2.03. The summed E-state index contributed by atoms with van der Waals surface area (Å²) >= 11 is 3.52. The highest BCUT2D eigenvalue weighted by molar-refractivity contribution is 9.10. The van der Waals surface area contributed by atoms with E-state index in [0.29, 0.717) is 12.6 Å². The van der Waals surface area contributed by atoms with Gasteiger partial charge in [-0.25, -0.2) is 0 Å². The van der Waals surface area contributed by atoms with Crippen molar-refractivity contribution in [1.82, 2.24) is 5.32 Å². The smallest absolute Gasteiger partial charge is 0.133 e. The van der Waals surface area contributed by atoms with E-state index in [9.17, 15) is 0 Å². The van der Waals surface area contributed by atoms with Crippen LogP contribution in [0.2, 0.25) is 0 Å². The fraction of sp³-hybridized carbons (Fsp3) is 0.625. The minimum Gasteiger partial charge on any atom is -0.491 e. The zero-order valence-electron chi connectivity index (χ0n) is 12.3. The number of unbranched alkanes of at least 4 members (excludes halogenated alkanes) is 2. The predicted molar refractivity (Wildman–Crippen MR) is 86.0 cm³/mol. The average Bonchev–Trinajstić information content (AvgIpc) is 2.37. The van der Waals surface area contributed by atoms with Gasteiger partial charge in [0.1, 0.15) is 12.4 Å². The molecule has 0 aliphatic rings. The van der Waals surface area contributed by atoms with Crippen molar-refractivity contribution >= 4 is 15.9 Å². The minimum atomic E-state index is 0.580. The molecule has 0 radical (unpaired) electrons. The molecule has 0 aliphatic carbocycles. The van der Waals surface area contributed by atoms with E-state index >= 15 is 0 Å². The van der Waals surface area contributed by atoms with Crippen LogP contribution >= 0.6 is 15.9 Å². The van der Waals surface area contributed by atoms with E-state index in [1.165, 1.54) is 31.2 Å². The Bertz CT molecular complexity index is 368. The molecule has 108 valence electrons. The van der Waals surface area contributed by atoms with Crippen molar-refractivity contribution in [2.75, 3.05) is 13.2 Å². The van der Waals surface area contributed by atoms with Crippen LogP contribution in [0, 0.1) is 6.92 Å². The summed E-state index contributed by atoms with van der Waals surface area (Å²) in [6, 6.07) is 6.75. The number of hydrogen-bond acceptors (Lipinski definition) is 2. The molecule has 0 aromatic heterocycles. The van der Waals surface area contributed by atoms with Gasteiger partial charge in [0.05, 0.1) is 4.47 Å². The van der Waals surface area contributed by atoms with E-state index in [-0.39, 0.29) is 0 Å². The third kappa shape index (κ3) is 6.98.